The number of nitrogens with one attached hydrogen (secondary N) is 1. The number of aromatic amines is 1. The summed E-state index contributed by atoms with van der Waals surface area (Å²) in [5.74, 6) is -1.37. The van der Waals surface area contributed by atoms with Crippen LogP contribution in [0.4, 0.5) is 0 Å². The molecule has 1 aliphatic rings. The number of amides is 1. The fraction of sp³-hybridized carbons (Fsp3) is 0.267. The van der Waals surface area contributed by atoms with E-state index < -0.39 is 5.97 Å². The van der Waals surface area contributed by atoms with Crippen LogP contribution >= 0.6 is 11.6 Å². The molecule has 0 atom stereocenters. The van der Waals surface area contributed by atoms with Crippen molar-refractivity contribution in [1.29, 1.82) is 0 Å². The first-order chi connectivity index (χ1) is 10.6. The van der Waals surface area contributed by atoms with E-state index in [1.54, 1.807) is 12.1 Å². The molecule has 0 radical (unpaired) electrons. The van der Waals surface area contributed by atoms with Crippen LogP contribution in [0.1, 0.15) is 23.3 Å². The average Bonchev–Trinajstić information content (AvgIpc) is 3.21. The molecule has 0 aliphatic heterocycles. The van der Waals surface area contributed by atoms with Crippen LogP contribution in [0.25, 0.3) is 11.3 Å². The first-order valence-electron chi connectivity index (χ1n) is 6.89. The Bertz CT molecular complexity index is 724. The van der Waals surface area contributed by atoms with Crippen molar-refractivity contribution in [3.8, 4) is 11.3 Å². The first-order valence-corrected chi connectivity index (χ1v) is 7.27. The lowest BCUT2D eigenvalue weighted by Gasteiger charge is -2.18. The summed E-state index contributed by atoms with van der Waals surface area (Å²) in [4.78, 5) is 24.7. The minimum Gasteiger partial charge on any atom is -0.480 e. The topological polar surface area (TPSA) is 86.3 Å². The van der Waals surface area contributed by atoms with Crippen LogP contribution < -0.4 is 0 Å². The summed E-state index contributed by atoms with van der Waals surface area (Å²) in [5.41, 5.74) is 1.54. The maximum Gasteiger partial charge on any atom is 0.323 e. The number of aliphatic carboxylic acids is 1. The fourth-order valence-corrected chi connectivity index (χ4v) is 2.52. The van der Waals surface area contributed by atoms with E-state index in [1.165, 1.54) is 4.90 Å². The number of carboxylic acids is 1. The molecular formula is C15H14ClN3O3. The van der Waals surface area contributed by atoms with Crippen LogP contribution in [0.2, 0.25) is 5.02 Å². The van der Waals surface area contributed by atoms with Gasteiger partial charge in [0, 0.05) is 11.6 Å². The Morgan fingerprint density at radius 3 is 2.73 bits per heavy atom. The van der Waals surface area contributed by atoms with Crippen LogP contribution in [0, 0.1) is 0 Å². The predicted octanol–water partition coefficient (Wildman–Crippen LogP) is 2.42. The molecule has 0 spiro atoms. The van der Waals surface area contributed by atoms with E-state index in [0.717, 1.165) is 18.4 Å². The quantitative estimate of drug-likeness (QED) is 0.886. The van der Waals surface area contributed by atoms with Gasteiger partial charge in [-0.1, -0.05) is 29.8 Å². The number of rotatable bonds is 5. The van der Waals surface area contributed by atoms with Crippen LogP contribution in [-0.4, -0.2) is 44.7 Å². The predicted molar refractivity (Wildman–Crippen MR) is 80.7 cm³/mol. The molecular weight excluding hydrogens is 306 g/mol. The first kappa shape index (κ1) is 14.6. The number of hydrogen-bond acceptors (Lipinski definition) is 3. The molecule has 1 aromatic heterocycles. The van der Waals surface area contributed by atoms with Crippen LogP contribution in [-0.2, 0) is 4.79 Å². The number of H-pyrrole nitrogens is 1. The van der Waals surface area contributed by atoms with Crippen LogP contribution in [0.5, 0.6) is 0 Å². The average molecular weight is 320 g/mol. The van der Waals surface area contributed by atoms with Gasteiger partial charge in [-0.3, -0.25) is 14.7 Å². The van der Waals surface area contributed by atoms with Gasteiger partial charge in [-0.05, 0) is 25.0 Å². The minimum absolute atomic E-state index is 0.00987. The summed E-state index contributed by atoms with van der Waals surface area (Å²) in [6.45, 7) is -0.302. The van der Waals surface area contributed by atoms with Gasteiger partial charge in [0.25, 0.3) is 5.91 Å². The van der Waals surface area contributed by atoms with Crippen molar-refractivity contribution in [1.82, 2.24) is 15.1 Å². The highest BCUT2D eigenvalue weighted by molar-refractivity contribution is 6.33. The lowest BCUT2D eigenvalue weighted by atomic mass is 10.1. The summed E-state index contributed by atoms with van der Waals surface area (Å²) in [5, 5.41) is 16.3. The molecule has 0 unspecified atom stereocenters. The fourth-order valence-electron chi connectivity index (χ4n) is 2.29. The summed E-state index contributed by atoms with van der Waals surface area (Å²) in [7, 11) is 0. The Morgan fingerprint density at radius 2 is 2.09 bits per heavy atom. The maximum atomic E-state index is 12.4. The minimum atomic E-state index is -1.02. The summed E-state index contributed by atoms with van der Waals surface area (Å²) >= 11 is 6.11. The molecule has 1 amide bonds. The summed E-state index contributed by atoms with van der Waals surface area (Å²) in [6, 6.07) is 8.80. The lowest BCUT2D eigenvalue weighted by Crippen LogP contribution is -2.37. The molecule has 1 heterocycles. The molecule has 2 N–H and O–H groups in total. The number of halogens is 1. The molecule has 0 bridgehead atoms. The molecule has 1 aromatic carbocycles. The Balaban J connectivity index is 1.85. The monoisotopic (exact) mass is 319 g/mol. The third kappa shape index (κ3) is 2.96. The highest BCUT2D eigenvalue weighted by Gasteiger charge is 2.35. The van der Waals surface area contributed by atoms with E-state index in [-0.39, 0.29) is 24.2 Å². The van der Waals surface area contributed by atoms with Crippen LogP contribution in [0.15, 0.2) is 30.3 Å². The zero-order valence-corrected chi connectivity index (χ0v) is 12.4. The molecule has 22 heavy (non-hydrogen) atoms. The van der Waals surface area contributed by atoms with Gasteiger partial charge in [0.05, 0.1) is 10.7 Å². The SMILES string of the molecule is O=C(O)CN(C(=O)c1cc(-c2ccccc2Cl)n[nH]1)C1CC1. The number of nitrogens with zero attached hydrogens (tertiary/aromatic N) is 2. The van der Waals surface area contributed by atoms with E-state index in [4.69, 9.17) is 16.7 Å². The number of aromatic nitrogens is 2. The highest BCUT2D eigenvalue weighted by atomic mass is 35.5. The molecule has 1 saturated carbocycles. The maximum absolute atomic E-state index is 12.4. The zero-order valence-electron chi connectivity index (χ0n) is 11.6. The van der Waals surface area contributed by atoms with E-state index in [1.807, 2.05) is 18.2 Å². The van der Waals surface area contributed by atoms with Crippen LogP contribution in [0.3, 0.4) is 0 Å². The molecule has 7 heteroatoms. The smallest absolute Gasteiger partial charge is 0.323 e. The standard InChI is InChI=1S/C15H14ClN3O3/c16-11-4-2-1-3-10(11)12-7-13(18-17-12)15(22)19(8-14(20)21)9-5-6-9/h1-4,7,9H,5-6,8H2,(H,17,18)(H,20,21). The molecule has 1 fully saturated rings. The van der Waals surface area contributed by atoms with E-state index in [0.29, 0.717) is 10.7 Å². The van der Waals surface area contributed by atoms with Gasteiger partial charge in [0.2, 0.25) is 0 Å². The number of carboxylic acid groups (broad SMARTS) is 1. The van der Waals surface area contributed by atoms with Gasteiger partial charge >= 0.3 is 5.97 Å². The highest BCUT2D eigenvalue weighted by Crippen LogP contribution is 2.29. The molecule has 114 valence electrons. The second kappa shape index (κ2) is 5.81. The van der Waals surface area contributed by atoms with E-state index in [2.05, 4.69) is 10.2 Å². The number of carbonyl (C=O) groups is 2. The Labute approximate surface area is 131 Å². The lowest BCUT2D eigenvalue weighted by molar-refractivity contribution is -0.137. The molecule has 2 aromatic rings. The van der Waals surface area contributed by atoms with Gasteiger partial charge in [0.1, 0.15) is 12.2 Å². The molecule has 6 nitrogen and oxygen atoms in total. The Hall–Kier alpha value is -2.34. The molecule has 1 aliphatic carbocycles. The normalized spacial score (nSPS) is 13.9. The molecule has 3 rings (SSSR count). The number of benzene rings is 1. The van der Waals surface area contributed by atoms with E-state index in [9.17, 15) is 9.59 Å². The largest absolute Gasteiger partial charge is 0.480 e. The molecule has 0 saturated heterocycles. The Kier molecular flexibility index (Phi) is 3.85. The van der Waals surface area contributed by atoms with Crippen molar-refractivity contribution >= 4 is 23.5 Å². The van der Waals surface area contributed by atoms with Crippen molar-refractivity contribution in [2.75, 3.05) is 6.54 Å². The van der Waals surface area contributed by atoms with Gasteiger partial charge in [-0.25, -0.2) is 0 Å². The third-order valence-corrected chi connectivity index (χ3v) is 3.84. The Morgan fingerprint density at radius 1 is 1.36 bits per heavy atom. The van der Waals surface area contributed by atoms with Crippen molar-refractivity contribution in [2.24, 2.45) is 0 Å². The van der Waals surface area contributed by atoms with Gasteiger partial charge < -0.3 is 10.0 Å². The van der Waals surface area contributed by atoms with E-state index >= 15 is 0 Å². The summed E-state index contributed by atoms with van der Waals surface area (Å²) < 4.78 is 0. The van der Waals surface area contributed by atoms with Gasteiger partial charge in [-0.15, -0.1) is 0 Å². The summed E-state index contributed by atoms with van der Waals surface area (Å²) in [6.07, 6.45) is 1.68. The van der Waals surface area contributed by atoms with Crippen molar-refractivity contribution < 1.29 is 14.7 Å². The van der Waals surface area contributed by atoms with Crippen molar-refractivity contribution in [3.63, 3.8) is 0 Å². The second-order valence-electron chi connectivity index (χ2n) is 5.20. The second-order valence-corrected chi connectivity index (χ2v) is 5.61. The zero-order chi connectivity index (χ0) is 15.7. The van der Waals surface area contributed by atoms with Crippen molar-refractivity contribution in [3.05, 3.63) is 41.0 Å². The number of hydrogen-bond donors (Lipinski definition) is 2. The van der Waals surface area contributed by atoms with Gasteiger partial charge in [0.15, 0.2) is 0 Å². The van der Waals surface area contributed by atoms with Gasteiger partial charge in [-0.2, -0.15) is 5.10 Å². The third-order valence-electron chi connectivity index (χ3n) is 3.51. The van der Waals surface area contributed by atoms with Crippen molar-refractivity contribution in [2.45, 2.75) is 18.9 Å². The number of carbonyl (C=O) groups excluding carboxylic acids is 1.